The third-order valence-corrected chi connectivity index (χ3v) is 2.77. The largest absolute Gasteiger partial charge is 0.386 e. The lowest BCUT2D eigenvalue weighted by molar-refractivity contribution is -0.0271. The first kappa shape index (κ1) is 10.4. The minimum absolute atomic E-state index is 0.458. The summed E-state index contributed by atoms with van der Waals surface area (Å²) < 4.78 is 5.52. The Labute approximate surface area is 90.2 Å². The maximum Gasteiger partial charge on any atom is 0.106 e. The van der Waals surface area contributed by atoms with Gasteiger partial charge in [-0.15, -0.1) is 0 Å². The molecule has 1 saturated heterocycles. The number of benzene rings is 1. The minimum Gasteiger partial charge on any atom is -0.386 e. The van der Waals surface area contributed by atoms with Crippen LogP contribution in [-0.2, 0) is 4.74 Å². The van der Waals surface area contributed by atoms with Crippen LogP contribution in [0.4, 0.5) is 0 Å². The fourth-order valence-corrected chi connectivity index (χ4v) is 1.76. The van der Waals surface area contributed by atoms with Crippen LogP contribution in [0.3, 0.4) is 0 Å². The maximum atomic E-state index is 9.98. The van der Waals surface area contributed by atoms with Crippen LogP contribution in [0.15, 0.2) is 35.9 Å². The van der Waals surface area contributed by atoms with Crippen LogP contribution < -0.4 is 0 Å². The molecule has 1 aliphatic rings. The highest BCUT2D eigenvalue weighted by Crippen LogP contribution is 2.30. The third-order valence-electron chi connectivity index (χ3n) is 2.77. The highest BCUT2D eigenvalue weighted by Gasteiger charge is 2.37. The summed E-state index contributed by atoms with van der Waals surface area (Å²) in [5.74, 6) is 0. The van der Waals surface area contributed by atoms with E-state index in [0.29, 0.717) is 6.61 Å². The Morgan fingerprint density at radius 1 is 1.33 bits per heavy atom. The molecule has 2 heteroatoms. The molecule has 0 saturated carbocycles. The Kier molecular flexibility index (Phi) is 2.63. The van der Waals surface area contributed by atoms with Gasteiger partial charge >= 0.3 is 0 Å². The van der Waals surface area contributed by atoms with Crippen LogP contribution >= 0.6 is 0 Å². The summed E-state index contributed by atoms with van der Waals surface area (Å²) >= 11 is 0. The van der Waals surface area contributed by atoms with E-state index in [1.165, 1.54) is 0 Å². The van der Waals surface area contributed by atoms with Crippen LogP contribution in [-0.4, -0.2) is 23.4 Å². The summed E-state index contributed by atoms with van der Waals surface area (Å²) in [6, 6.07) is 9.99. The molecular weight excluding hydrogens is 188 g/mol. The number of rotatable bonds is 1. The summed E-state index contributed by atoms with van der Waals surface area (Å²) in [6.07, 6.45) is 1.50. The van der Waals surface area contributed by atoms with Crippen molar-refractivity contribution in [2.75, 3.05) is 6.61 Å². The molecule has 1 heterocycles. The molecule has 80 valence electrons. The van der Waals surface area contributed by atoms with E-state index in [9.17, 15) is 5.11 Å². The Balaban J connectivity index is 2.23. The van der Waals surface area contributed by atoms with Gasteiger partial charge in [0, 0.05) is 0 Å². The fraction of sp³-hybridized carbons (Fsp3) is 0.385. The molecule has 0 unspecified atom stereocenters. The number of hydrogen-bond acceptors (Lipinski definition) is 2. The summed E-state index contributed by atoms with van der Waals surface area (Å²) in [7, 11) is 0. The maximum absolute atomic E-state index is 9.98. The van der Waals surface area contributed by atoms with Gasteiger partial charge in [-0.25, -0.2) is 0 Å². The van der Waals surface area contributed by atoms with Gasteiger partial charge in [-0.2, -0.15) is 0 Å². The first-order valence-electron chi connectivity index (χ1n) is 5.17. The topological polar surface area (TPSA) is 29.5 Å². The Morgan fingerprint density at radius 3 is 2.53 bits per heavy atom. The molecule has 0 bridgehead atoms. The zero-order chi connectivity index (χ0) is 10.9. The second-order valence-electron chi connectivity index (χ2n) is 4.42. The van der Waals surface area contributed by atoms with Crippen LogP contribution in [0.2, 0.25) is 0 Å². The molecular formula is C13H16O2. The van der Waals surface area contributed by atoms with E-state index in [0.717, 1.165) is 11.1 Å². The van der Waals surface area contributed by atoms with Crippen molar-refractivity contribution < 1.29 is 9.84 Å². The van der Waals surface area contributed by atoms with Gasteiger partial charge in [0.25, 0.3) is 0 Å². The summed E-state index contributed by atoms with van der Waals surface area (Å²) in [5, 5.41) is 9.98. The quantitative estimate of drug-likeness (QED) is 0.760. The van der Waals surface area contributed by atoms with E-state index >= 15 is 0 Å². The fourth-order valence-electron chi connectivity index (χ4n) is 1.76. The van der Waals surface area contributed by atoms with Crippen molar-refractivity contribution in [3.63, 3.8) is 0 Å². The third kappa shape index (κ3) is 2.11. The lowest BCUT2D eigenvalue weighted by Gasteiger charge is -2.20. The van der Waals surface area contributed by atoms with E-state index in [1.54, 1.807) is 0 Å². The molecule has 0 aliphatic carbocycles. The smallest absolute Gasteiger partial charge is 0.106 e. The van der Waals surface area contributed by atoms with Crippen molar-refractivity contribution in [1.29, 1.82) is 0 Å². The molecule has 0 aromatic heterocycles. The van der Waals surface area contributed by atoms with Gasteiger partial charge in [0.1, 0.15) is 6.10 Å². The molecule has 2 nitrogen and oxygen atoms in total. The minimum atomic E-state index is -0.502. The molecule has 0 radical (unpaired) electrons. The van der Waals surface area contributed by atoms with Crippen molar-refractivity contribution in [2.45, 2.75) is 25.6 Å². The lowest BCUT2D eigenvalue weighted by Crippen LogP contribution is -2.32. The van der Waals surface area contributed by atoms with Crippen molar-refractivity contribution in [2.24, 2.45) is 0 Å². The molecule has 1 aliphatic heterocycles. The summed E-state index contributed by atoms with van der Waals surface area (Å²) in [4.78, 5) is 0. The van der Waals surface area contributed by atoms with Crippen LogP contribution in [0.25, 0.3) is 6.08 Å². The average Bonchev–Trinajstić information content (AvgIpc) is 2.47. The first-order valence-corrected chi connectivity index (χ1v) is 5.17. The molecule has 1 atom stereocenters. The first-order chi connectivity index (χ1) is 7.09. The van der Waals surface area contributed by atoms with Crippen molar-refractivity contribution in [3.05, 3.63) is 41.5 Å². The molecule has 1 fully saturated rings. The SMILES string of the molecule is CC1(C)OC/C(=C/c2ccccc2)[C@H]1O. The van der Waals surface area contributed by atoms with Crippen LogP contribution in [0.1, 0.15) is 19.4 Å². The van der Waals surface area contributed by atoms with Gasteiger partial charge < -0.3 is 9.84 Å². The Bertz CT molecular complexity index is 365. The van der Waals surface area contributed by atoms with E-state index in [1.807, 2.05) is 50.3 Å². The van der Waals surface area contributed by atoms with E-state index in [2.05, 4.69) is 0 Å². The van der Waals surface area contributed by atoms with E-state index in [-0.39, 0.29) is 0 Å². The van der Waals surface area contributed by atoms with Crippen LogP contribution in [0.5, 0.6) is 0 Å². The predicted molar refractivity (Wildman–Crippen MR) is 60.5 cm³/mol. The Hall–Kier alpha value is -1.12. The molecule has 15 heavy (non-hydrogen) atoms. The average molecular weight is 204 g/mol. The van der Waals surface area contributed by atoms with Crippen molar-refractivity contribution in [3.8, 4) is 0 Å². The summed E-state index contributed by atoms with van der Waals surface area (Å²) in [5.41, 5.74) is 1.60. The number of ether oxygens (including phenoxy) is 1. The van der Waals surface area contributed by atoms with Gasteiger partial charge in [0.05, 0.1) is 12.2 Å². The van der Waals surface area contributed by atoms with Gasteiger partial charge in [-0.1, -0.05) is 36.4 Å². The monoisotopic (exact) mass is 204 g/mol. The Morgan fingerprint density at radius 2 is 2.00 bits per heavy atom. The number of aliphatic hydroxyl groups is 1. The van der Waals surface area contributed by atoms with E-state index < -0.39 is 11.7 Å². The van der Waals surface area contributed by atoms with Gasteiger partial charge in [-0.3, -0.25) is 0 Å². The molecule has 1 N–H and O–H groups in total. The molecule has 2 rings (SSSR count). The van der Waals surface area contributed by atoms with Crippen LogP contribution in [0, 0.1) is 0 Å². The van der Waals surface area contributed by atoms with Crippen molar-refractivity contribution >= 4 is 6.08 Å². The van der Waals surface area contributed by atoms with Gasteiger partial charge in [0.15, 0.2) is 0 Å². The second kappa shape index (κ2) is 3.80. The number of aliphatic hydroxyl groups excluding tert-OH is 1. The molecule has 1 aromatic carbocycles. The highest BCUT2D eigenvalue weighted by molar-refractivity contribution is 5.55. The standard InChI is InChI=1S/C13H16O2/c1-13(2)12(14)11(9-15-13)8-10-6-4-3-5-7-10/h3-8,12,14H,9H2,1-2H3/b11-8-/t12-/m1/s1. The zero-order valence-electron chi connectivity index (χ0n) is 9.10. The summed E-state index contributed by atoms with van der Waals surface area (Å²) in [6.45, 7) is 4.33. The molecule has 1 aromatic rings. The van der Waals surface area contributed by atoms with Crippen molar-refractivity contribution in [1.82, 2.24) is 0 Å². The van der Waals surface area contributed by atoms with E-state index in [4.69, 9.17) is 4.74 Å². The predicted octanol–water partition coefficient (Wildman–Crippen LogP) is 2.24. The number of hydrogen-bond donors (Lipinski definition) is 1. The second-order valence-corrected chi connectivity index (χ2v) is 4.42. The lowest BCUT2D eigenvalue weighted by atomic mass is 9.97. The molecule has 0 amide bonds. The zero-order valence-corrected chi connectivity index (χ0v) is 9.10. The normalized spacial score (nSPS) is 27.1. The van der Waals surface area contributed by atoms with Gasteiger partial charge in [0.2, 0.25) is 0 Å². The highest BCUT2D eigenvalue weighted by atomic mass is 16.5. The van der Waals surface area contributed by atoms with Gasteiger partial charge in [-0.05, 0) is 25.0 Å². The molecule has 0 spiro atoms.